The van der Waals surface area contributed by atoms with Gasteiger partial charge in [-0.25, -0.2) is 9.59 Å². The summed E-state index contributed by atoms with van der Waals surface area (Å²) in [5.41, 5.74) is -1.15. The Morgan fingerprint density at radius 2 is 1.74 bits per heavy atom. The maximum atomic E-state index is 13.5. The maximum Gasteiger partial charge on any atom is 0.408 e. The Labute approximate surface area is 202 Å². The van der Waals surface area contributed by atoms with Crippen LogP contribution in [0.15, 0.2) is 11.6 Å². The van der Waals surface area contributed by atoms with Crippen molar-refractivity contribution in [3.8, 4) is 0 Å². The molecular weight excluding hydrogens is 442 g/mol. The molecule has 3 amide bonds. The minimum absolute atomic E-state index is 0.0853. The van der Waals surface area contributed by atoms with E-state index in [4.69, 9.17) is 9.57 Å². The highest BCUT2D eigenvalue weighted by Gasteiger charge is 2.38. The van der Waals surface area contributed by atoms with Gasteiger partial charge in [-0.3, -0.25) is 9.59 Å². The normalized spacial score (nSPS) is 19.1. The van der Waals surface area contributed by atoms with Crippen LogP contribution < -0.4 is 5.32 Å². The van der Waals surface area contributed by atoms with Crippen molar-refractivity contribution in [1.29, 1.82) is 0 Å². The Morgan fingerprint density at radius 3 is 2.15 bits per heavy atom. The predicted octanol–water partition coefficient (Wildman–Crippen LogP) is 2.75. The summed E-state index contributed by atoms with van der Waals surface area (Å²) in [4.78, 5) is 56.8. The third kappa shape index (κ3) is 8.30. The van der Waals surface area contributed by atoms with Crippen molar-refractivity contribution in [1.82, 2.24) is 15.3 Å². The molecule has 3 atom stereocenters. The lowest BCUT2D eigenvalue weighted by Gasteiger charge is -2.37. The molecule has 1 heterocycles. The molecule has 0 aromatic rings. The van der Waals surface area contributed by atoms with E-state index in [9.17, 15) is 24.3 Å². The average molecular weight is 484 g/mol. The number of hydrogen-bond donors (Lipinski definition) is 2. The van der Waals surface area contributed by atoms with Gasteiger partial charge in [0.05, 0.1) is 6.04 Å². The van der Waals surface area contributed by atoms with Crippen molar-refractivity contribution in [3.05, 3.63) is 11.6 Å². The molecule has 2 N–H and O–H groups in total. The predicted molar refractivity (Wildman–Crippen MR) is 126 cm³/mol. The number of nitrogens with zero attached hydrogens (tertiary/aromatic N) is 2. The molecule has 0 radical (unpaired) electrons. The van der Waals surface area contributed by atoms with E-state index in [1.807, 2.05) is 34.6 Å². The zero-order chi connectivity index (χ0) is 26.6. The van der Waals surface area contributed by atoms with Gasteiger partial charge in [-0.1, -0.05) is 40.7 Å². The number of likely N-dealkylation sites (N-methyl/N-ethyl adjacent to an activating group) is 1. The lowest BCUT2D eigenvalue weighted by atomic mass is 9.85. The quantitative estimate of drug-likeness (QED) is 0.533. The van der Waals surface area contributed by atoms with Gasteiger partial charge in [0.25, 0.3) is 5.91 Å². The Hall–Kier alpha value is -2.62. The van der Waals surface area contributed by atoms with Crippen molar-refractivity contribution in [2.45, 2.75) is 99.1 Å². The standard InChI is InChI=1S/C24H41N3O7/c1-14(2)16(13-15(3)21(31)34-27-17(28)11-12-18(27)29)26(10)20(30)19(23(4,5)6)25-22(32)33-24(7,8)9/h13-14,16-17,19,28H,11-12H2,1-10H3,(H,25,32)/b15-13+/t16-,17?,19-/m1/s1. The van der Waals surface area contributed by atoms with Crippen molar-refractivity contribution < 1.29 is 33.9 Å². The topological polar surface area (TPSA) is 125 Å². The number of rotatable bonds is 7. The summed E-state index contributed by atoms with van der Waals surface area (Å²) in [5.74, 6) is -1.69. The number of carbonyl (C=O) groups excluding carboxylic acids is 4. The molecule has 1 aliphatic rings. The molecule has 34 heavy (non-hydrogen) atoms. The summed E-state index contributed by atoms with van der Waals surface area (Å²) in [6.45, 7) is 16.0. The first kappa shape index (κ1) is 29.4. The summed E-state index contributed by atoms with van der Waals surface area (Å²) >= 11 is 0. The minimum atomic E-state index is -1.17. The number of carbonyl (C=O) groups is 4. The minimum Gasteiger partial charge on any atom is -0.444 e. The largest absolute Gasteiger partial charge is 0.444 e. The van der Waals surface area contributed by atoms with Crippen LogP contribution in [-0.4, -0.2) is 69.9 Å². The number of hydrogen-bond acceptors (Lipinski definition) is 7. The Balaban J connectivity index is 3.09. The first-order valence-corrected chi connectivity index (χ1v) is 11.5. The summed E-state index contributed by atoms with van der Waals surface area (Å²) in [6, 6.07) is -1.39. The highest BCUT2D eigenvalue weighted by Crippen LogP contribution is 2.25. The number of ether oxygens (including phenoxy) is 1. The van der Waals surface area contributed by atoms with Crippen molar-refractivity contribution in [3.63, 3.8) is 0 Å². The molecule has 1 fully saturated rings. The van der Waals surface area contributed by atoms with Crippen LogP contribution >= 0.6 is 0 Å². The maximum absolute atomic E-state index is 13.5. The van der Waals surface area contributed by atoms with Gasteiger partial charge in [0.1, 0.15) is 11.6 Å². The second kappa shape index (κ2) is 11.2. The molecule has 0 bridgehead atoms. The lowest BCUT2D eigenvalue weighted by Crippen LogP contribution is -2.57. The fourth-order valence-electron chi connectivity index (χ4n) is 3.42. The summed E-state index contributed by atoms with van der Waals surface area (Å²) in [6.07, 6.45) is 0.0206. The molecular formula is C24H41N3O7. The first-order chi connectivity index (χ1) is 15.3. The lowest BCUT2D eigenvalue weighted by molar-refractivity contribution is -0.217. The fourth-order valence-corrected chi connectivity index (χ4v) is 3.42. The molecule has 10 heteroatoms. The molecule has 194 valence electrons. The van der Waals surface area contributed by atoms with E-state index in [1.165, 1.54) is 11.8 Å². The zero-order valence-electron chi connectivity index (χ0n) is 22.1. The zero-order valence-corrected chi connectivity index (χ0v) is 22.1. The molecule has 0 aromatic carbocycles. The van der Waals surface area contributed by atoms with Gasteiger partial charge >= 0.3 is 12.1 Å². The Bertz CT molecular complexity index is 808. The highest BCUT2D eigenvalue weighted by molar-refractivity contribution is 5.90. The first-order valence-electron chi connectivity index (χ1n) is 11.5. The van der Waals surface area contributed by atoms with Gasteiger partial charge in [0.15, 0.2) is 6.23 Å². The van der Waals surface area contributed by atoms with Crippen LogP contribution in [0.4, 0.5) is 4.79 Å². The highest BCUT2D eigenvalue weighted by atomic mass is 16.7. The van der Waals surface area contributed by atoms with Gasteiger partial charge < -0.3 is 24.9 Å². The number of hydroxylamine groups is 2. The fraction of sp³-hybridized carbons (Fsp3) is 0.750. The van der Waals surface area contributed by atoms with Crippen molar-refractivity contribution in [2.24, 2.45) is 11.3 Å². The number of alkyl carbamates (subject to hydrolysis) is 1. The molecule has 1 rings (SSSR count). The molecule has 0 saturated carbocycles. The summed E-state index contributed by atoms with van der Waals surface area (Å²) < 4.78 is 5.33. The van der Waals surface area contributed by atoms with E-state index >= 15 is 0 Å². The Kier molecular flexibility index (Phi) is 9.69. The van der Waals surface area contributed by atoms with Crippen LogP contribution in [0.25, 0.3) is 0 Å². The van der Waals surface area contributed by atoms with Crippen LogP contribution in [0.5, 0.6) is 0 Å². The SMILES string of the molecule is C/C(=C\[C@H](C(C)C)N(C)C(=O)[C@@H](NC(=O)OC(C)(C)C)C(C)(C)C)C(=O)ON1C(=O)CCC1O. The average Bonchev–Trinajstić information content (AvgIpc) is 2.98. The van der Waals surface area contributed by atoms with Crippen LogP contribution in [0.3, 0.4) is 0 Å². The van der Waals surface area contributed by atoms with E-state index in [-0.39, 0.29) is 30.2 Å². The molecule has 0 aliphatic carbocycles. The van der Waals surface area contributed by atoms with Crippen LogP contribution in [-0.2, 0) is 24.0 Å². The van der Waals surface area contributed by atoms with Gasteiger partial charge in [-0.15, -0.1) is 5.06 Å². The number of aliphatic hydroxyl groups is 1. The summed E-state index contributed by atoms with van der Waals surface area (Å²) in [5, 5.41) is 13.2. The number of aliphatic hydroxyl groups excluding tert-OH is 1. The molecule has 1 saturated heterocycles. The van der Waals surface area contributed by atoms with E-state index in [1.54, 1.807) is 33.9 Å². The molecule has 1 unspecified atom stereocenters. The third-order valence-corrected chi connectivity index (χ3v) is 5.31. The van der Waals surface area contributed by atoms with Crippen LogP contribution in [0, 0.1) is 11.3 Å². The molecule has 0 spiro atoms. The third-order valence-electron chi connectivity index (χ3n) is 5.31. The van der Waals surface area contributed by atoms with Crippen LogP contribution in [0.2, 0.25) is 0 Å². The van der Waals surface area contributed by atoms with Crippen molar-refractivity contribution in [2.75, 3.05) is 7.05 Å². The second-order valence-electron chi connectivity index (χ2n) is 11.1. The summed E-state index contributed by atoms with van der Waals surface area (Å²) in [7, 11) is 1.60. The van der Waals surface area contributed by atoms with E-state index < -0.39 is 47.3 Å². The monoisotopic (exact) mass is 483 g/mol. The van der Waals surface area contributed by atoms with Gasteiger partial charge in [-0.2, -0.15) is 0 Å². The molecule has 0 aromatic heterocycles. The number of amides is 3. The number of nitrogens with one attached hydrogen (secondary N) is 1. The van der Waals surface area contributed by atoms with Gasteiger partial charge in [-0.05, 0) is 39.0 Å². The van der Waals surface area contributed by atoms with E-state index in [2.05, 4.69) is 5.32 Å². The van der Waals surface area contributed by atoms with E-state index in [0.29, 0.717) is 5.06 Å². The molecule has 10 nitrogen and oxygen atoms in total. The smallest absolute Gasteiger partial charge is 0.408 e. The second-order valence-corrected chi connectivity index (χ2v) is 11.1. The van der Waals surface area contributed by atoms with Crippen LogP contribution in [0.1, 0.15) is 75.2 Å². The van der Waals surface area contributed by atoms with Crippen molar-refractivity contribution >= 4 is 23.9 Å². The van der Waals surface area contributed by atoms with E-state index in [0.717, 1.165) is 0 Å². The molecule has 1 aliphatic heterocycles. The van der Waals surface area contributed by atoms with Gasteiger partial charge in [0.2, 0.25) is 5.91 Å². The Morgan fingerprint density at radius 1 is 1.18 bits per heavy atom. The van der Waals surface area contributed by atoms with Gasteiger partial charge in [0, 0.05) is 25.5 Å².